The molecule has 0 aromatic carbocycles. The fraction of sp³-hybridized carbons (Fsp3) is 0.455. The Morgan fingerprint density at radius 2 is 2.31 bits per heavy atom. The van der Waals surface area contributed by atoms with Crippen molar-refractivity contribution in [3.8, 4) is 5.75 Å². The van der Waals surface area contributed by atoms with Crippen LogP contribution in [0.25, 0.3) is 0 Å². The van der Waals surface area contributed by atoms with Crippen LogP contribution in [0.4, 0.5) is 0 Å². The van der Waals surface area contributed by atoms with Gasteiger partial charge in [-0.05, 0) is 19.8 Å². The number of esters is 1. The van der Waals surface area contributed by atoms with Crippen LogP contribution in [0, 0.1) is 0 Å². The monoisotopic (exact) mass is 223 g/mol. The van der Waals surface area contributed by atoms with Crippen LogP contribution in [0.1, 0.15) is 35.4 Å². The first-order valence-corrected chi connectivity index (χ1v) is 5.12. The topological polar surface area (TPSA) is 68.5 Å². The van der Waals surface area contributed by atoms with Crippen LogP contribution in [0.2, 0.25) is 0 Å². The predicted octanol–water partition coefficient (Wildman–Crippen LogP) is 0.848. The van der Waals surface area contributed by atoms with Crippen molar-refractivity contribution in [3.05, 3.63) is 27.7 Å². The number of fused-ring (bicyclic) bond motifs is 1. The molecule has 1 atom stereocenters. The molecule has 0 spiro atoms. The van der Waals surface area contributed by atoms with E-state index >= 15 is 0 Å². The molecule has 16 heavy (non-hydrogen) atoms. The van der Waals surface area contributed by atoms with E-state index < -0.39 is 5.97 Å². The van der Waals surface area contributed by atoms with Crippen LogP contribution in [-0.2, 0) is 11.2 Å². The minimum absolute atomic E-state index is 0.0616. The van der Waals surface area contributed by atoms with Crippen molar-refractivity contribution < 1.29 is 14.6 Å². The van der Waals surface area contributed by atoms with E-state index in [-0.39, 0.29) is 22.9 Å². The summed E-state index contributed by atoms with van der Waals surface area (Å²) in [5.74, 6) is -0.896. The molecule has 2 rings (SSSR count). The number of methoxy groups -OCH3 is 1. The Morgan fingerprint density at radius 1 is 1.62 bits per heavy atom. The van der Waals surface area contributed by atoms with Gasteiger partial charge in [-0.3, -0.25) is 4.79 Å². The molecule has 0 amide bonds. The molecule has 0 saturated heterocycles. The number of hydrogen-bond donors (Lipinski definition) is 1. The van der Waals surface area contributed by atoms with Crippen molar-refractivity contribution in [2.45, 2.75) is 25.8 Å². The summed E-state index contributed by atoms with van der Waals surface area (Å²) in [7, 11) is 1.25. The zero-order valence-corrected chi connectivity index (χ0v) is 9.19. The van der Waals surface area contributed by atoms with Gasteiger partial charge >= 0.3 is 5.97 Å². The lowest BCUT2D eigenvalue weighted by Crippen LogP contribution is -2.23. The molecule has 2 heterocycles. The van der Waals surface area contributed by atoms with Gasteiger partial charge in [-0.2, -0.15) is 0 Å². The summed E-state index contributed by atoms with van der Waals surface area (Å²) in [4.78, 5) is 23.2. The Bertz CT molecular complexity index is 503. The van der Waals surface area contributed by atoms with Gasteiger partial charge in [-0.15, -0.1) is 0 Å². The Hall–Kier alpha value is -1.78. The second-order valence-electron chi connectivity index (χ2n) is 3.94. The zero-order valence-electron chi connectivity index (χ0n) is 9.19. The van der Waals surface area contributed by atoms with Gasteiger partial charge in [-0.25, -0.2) is 4.79 Å². The quantitative estimate of drug-likeness (QED) is 0.716. The average molecular weight is 223 g/mol. The van der Waals surface area contributed by atoms with E-state index in [1.54, 1.807) is 4.57 Å². The van der Waals surface area contributed by atoms with Gasteiger partial charge in [0, 0.05) is 17.8 Å². The molecule has 0 aliphatic carbocycles. The highest BCUT2D eigenvalue weighted by molar-refractivity contribution is 5.93. The lowest BCUT2D eigenvalue weighted by molar-refractivity contribution is 0.0595. The summed E-state index contributed by atoms with van der Waals surface area (Å²) in [5.41, 5.74) is 0.418. The number of rotatable bonds is 1. The third kappa shape index (κ3) is 1.39. The van der Waals surface area contributed by atoms with E-state index in [1.807, 2.05) is 6.92 Å². The van der Waals surface area contributed by atoms with Crippen LogP contribution < -0.4 is 5.56 Å². The van der Waals surface area contributed by atoms with E-state index in [0.29, 0.717) is 12.1 Å². The summed E-state index contributed by atoms with van der Waals surface area (Å²) in [5, 5.41) is 9.63. The fourth-order valence-corrected chi connectivity index (χ4v) is 2.19. The molecule has 5 nitrogen and oxygen atoms in total. The van der Waals surface area contributed by atoms with Crippen molar-refractivity contribution in [3.63, 3.8) is 0 Å². The van der Waals surface area contributed by atoms with Crippen LogP contribution in [0.3, 0.4) is 0 Å². The maximum absolute atomic E-state index is 11.7. The van der Waals surface area contributed by atoms with Gasteiger partial charge < -0.3 is 14.4 Å². The molecule has 1 aromatic rings. The zero-order chi connectivity index (χ0) is 11.9. The molecule has 1 N–H and O–H groups in total. The lowest BCUT2D eigenvalue weighted by atomic mass is 10.1. The van der Waals surface area contributed by atoms with Gasteiger partial charge in [0.2, 0.25) is 0 Å². The molecule has 0 unspecified atom stereocenters. The SMILES string of the molecule is COC(=O)c1c(O)cc(=O)n2c1CC[C@H]2C. The lowest BCUT2D eigenvalue weighted by Gasteiger charge is -2.12. The first-order valence-electron chi connectivity index (χ1n) is 5.12. The molecule has 0 fully saturated rings. The smallest absolute Gasteiger partial charge is 0.343 e. The standard InChI is InChI=1S/C11H13NO4/c1-6-3-4-7-10(11(15)16-2)8(13)5-9(14)12(6)7/h5-6,13H,3-4H2,1-2H3/t6-/m1/s1. The van der Waals surface area contributed by atoms with Crippen LogP contribution in [0.15, 0.2) is 10.9 Å². The predicted molar refractivity (Wildman–Crippen MR) is 56.7 cm³/mol. The minimum Gasteiger partial charge on any atom is -0.507 e. The second-order valence-corrected chi connectivity index (χ2v) is 3.94. The minimum atomic E-state index is -0.602. The Kier molecular flexibility index (Phi) is 2.46. The van der Waals surface area contributed by atoms with Crippen LogP contribution in [-0.4, -0.2) is 22.8 Å². The second kappa shape index (κ2) is 3.66. The maximum atomic E-state index is 11.7. The van der Waals surface area contributed by atoms with E-state index in [1.165, 1.54) is 7.11 Å². The van der Waals surface area contributed by atoms with Gasteiger partial charge in [0.15, 0.2) is 0 Å². The largest absolute Gasteiger partial charge is 0.507 e. The molecule has 0 saturated carbocycles. The number of pyridine rings is 1. The number of aromatic hydroxyl groups is 1. The summed E-state index contributed by atoms with van der Waals surface area (Å²) >= 11 is 0. The van der Waals surface area contributed by atoms with Crippen LogP contribution in [0.5, 0.6) is 5.75 Å². The molecular weight excluding hydrogens is 210 g/mol. The first kappa shape index (κ1) is 10.7. The molecule has 1 aromatic heterocycles. The Morgan fingerprint density at radius 3 is 2.94 bits per heavy atom. The molecule has 1 aliphatic rings. The van der Waals surface area contributed by atoms with Gasteiger partial charge in [0.25, 0.3) is 5.56 Å². The van der Waals surface area contributed by atoms with Gasteiger partial charge in [0.05, 0.1) is 7.11 Å². The highest BCUT2D eigenvalue weighted by atomic mass is 16.5. The number of nitrogens with zero attached hydrogens (tertiary/aromatic N) is 1. The van der Waals surface area contributed by atoms with Gasteiger partial charge in [-0.1, -0.05) is 0 Å². The van der Waals surface area contributed by atoms with E-state index in [2.05, 4.69) is 4.74 Å². The number of carbonyl (C=O) groups excluding carboxylic acids is 1. The van der Waals surface area contributed by atoms with Gasteiger partial charge in [0.1, 0.15) is 11.3 Å². The highest BCUT2D eigenvalue weighted by Crippen LogP contribution is 2.30. The summed E-state index contributed by atoms with van der Waals surface area (Å²) in [6.07, 6.45) is 1.40. The maximum Gasteiger partial charge on any atom is 0.343 e. The Balaban J connectivity index is 2.72. The molecule has 5 heteroatoms. The Labute approximate surface area is 92.3 Å². The summed E-state index contributed by atoms with van der Waals surface area (Å²) in [6.45, 7) is 1.91. The first-order chi connectivity index (χ1) is 7.56. The average Bonchev–Trinajstić information content (AvgIpc) is 2.60. The molecule has 86 valence electrons. The molecule has 0 radical (unpaired) electrons. The normalized spacial score (nSPS) is 18.2. The highest BCUT2D eigenvalue weighted by Gasteiger charge is 2.28. The van der Waals surface area contributed by atoms with E-state index in [9.17, 15) is 14.7 Å². The van der Waals surface area contributed by atoms with Crippen molar-refractivity contribution in [1.82, 2.24) is 4.57 Å². The van der Waals surface area contributed by atoms with Crippen molar-refractivity contribution in [2.75, 3.05) is 7.11 Å². The third-order valence-electron chi connectivity index (χ3n) is 2.96. The number of hydrogen-bond acceptors (Lipinski definition) is 4. The molecule has 0 bridgehead atoms. The van der Waals surface area contributed by atoms with E-state index in [0.717, 1.165) is 12.5 Å². The number of carbonyl (C=O) groups is 1. The fourth-order valence-electron chi connectivity index (χ4n) is 2.19. The third-order valence-corrected chi connectivity index (χ3v) is 2.96. The molecular formula is C11H13NO4. The number of ether oxygens (including phenoxy) is 1. The van der Waals surface area contributed by atoms with Crippen molar-refractivity contribution in [2.24, 2.45) is 0 Å². The van der Waals surface area contributed by atoms with Crippen molar-refractivity contribution in [1.29, 1.82) is 0 Å². The number of aromatic nitrogens is 1. The van der Waals surface area contributed by atoms with E-state index in [4.69, 9.17) is 0 Å². The summed E-state index contributed by atoms with van der Waals surface area (Å²) in [6, 6.07) is 1.13. The van der Waals surface area contributed by atoms with Crippen LogP contribution >= 0.6 is 0 Å². The van der Waals surface area contributed by atoms with Crippen molar-refractivity contribution >= 4 is 5.97 Å². The molecule has 1 aliphatic heterocycles. The summed E-state index contributed by atoms with van der Waals surface area (Å²) < 4.78 is 6.15.